The van der Waals surface area contributed by atoms with Crippen molar-refractivity contribution < 1.29 is 4.42 Å². The maximum atomic E-state index is 5.65. The Hall–Kier alpha value is -1.24. The highest BCUT2D eigenvalue weighted by Gasteiger charge is 2.12. The normalized spacial score (nSPS) is 11.4. The van der Waals surface area contributed by atoms with E-state index >= 15 is 0 Å². The fourth-order valence-corrected chi connectivity index (χ4v) is 3.70. The zero-order valence-corrected chi connectivity index (χ0v) is 11.6. The summed E-state index contributed by atoms with van der Waals surface area (Å²) in [5.74, 6) is 1.27. The minimum Gasteiger partial charge on any atom is -0.419 e. The zero-order valence-electron chi connectivity index (χ0n) is 9.97. The van der Waals surface area contributed by atoms with Crippen molar-refractivity contribution in [3.63, 3.8) is 0 Å². The zero-order chi connectivity index (χ0) is 12.4. The van der Waals surface area contributed by atoms with Crippen molar-refractivity contribution in [1.82, 2.24) is 15.5 Å². The highest BCUT2D eigenvalue weighted by atomic mass is 32.1. The van der Waals surface area contributed by atoms with Crippen LogP contribution in [0.25, 0.3) is 20.2 Å². The molecule has 18 heavy (non-hydrogen) atoms. The number of thiophene rings is 2. The fraction of sp³-hybridized carbons (Fsp3) is 0.333. The molecule has 1 N–H and O–H groups in total. The second-order valence-electron chi connectivity index (χ2n) is 3.94. The molecule has 4 nitrogen and oxygen atoms in total. The Labute approximate surface area is 113 Å². The first kappa shape index (κ1) is 11.8. The second-order valence-corrected chi connectivity index (χ2v) is 5.97. The lowest BCUT2D eigenvalue weighted by Crippen LogP contribution is -2.13. The molecular weight excluding hydrogens is 266 g/mol. The quantitative estimate of drug-likeness (QED) is 0.726. The molecule has 3 heterocycles. The van der Waals surface area contributed by atoms with E-state index in [4.69, 9.17) is 4.42 Å². The molecule has 94 valence electrons. The minimum absolute atomic E-state index is 0.622. The SMILES string of the molecule is CCCNCc1nnc(-c2cc3sccc3s2)o1. The topological polar surface area (TPSA) is 51.0 Å². The summed E-state index contributed by atoms with van der Waals surface area (Å²) in [6, 6.07) is 4.23. The third-order valence-corrected chi connectivity index (χ3v) is 4.60. The summed E-state index contributed by atoms with van der Waals surface area (Å²) >= 11 is 3.43. The molecule has 0 amide bonds. The smallest absolute Gasteiger partial charge is 0.257 e. The van der Waals surface area contributed by atoms with Crippen molar-refractivity contribution in [2.45, 2.75) is 19.9 Å². The number of hydrogen-bond donors (Lipinski definition) is 1. The summed E-state index contributed by atoms with van der Waals surface area (Å²) in [6.07, 6.45) is 1.10. The Balaban J connectivity index is 1.78. The van der Waals surface area contributed by atoms with Crippen LogP contribution in [0, 0.1) is 0 Å². The van der Waals surface area contributed by atoms with E-state index in [-0.39, 0.29) is 0 Å². The van der Waals surface area contributed by atoms with Crippen LogP contribution in [-0.4, -0.2) is 16.7 Å². The van der Waals surface area contributed by atoms with Gasteiger partial charge in [-0.2, -0.15) is 0 Å². The van der Waals surface area contributed by atoms with Crippen molar-refractivity contribution in [2.24, 2.45) is 0 Å². The van der Waals surface area contributed by atoms with Crippen LogP contribution in [0.3, 0.4) is 0 Å². The van der Waals surface area contributed by atoms with Gasteiger partial charge in [0.15, 0.2) is 0 Å². The highest BCUT2D eigenvalue weighted by Crippen LogP contribution is 2.35. The van der Waals surface area contributed by atoms with Gasteiger partial charge in [-0.15, -0.1) is 32.9 Å². The predicted molar refractivity (Wildman–Crippen MR) is 75.0 cm³/mol. The van der Waals surface area contributed by atoms with Crippen molar-refractivity contribution in [2.75, 3.05) is 6.54 Å². The molecule has 0 aromatic carbocycles. The second kappa shape index (κ2) is 5.17. The molecule has 0 aliphatic rings. The summed E-state index contributed by atoms with van der Waals surface area (Å²) < 4.78 is 8.20. The van der Waals surface area contributed by atoms with Crippen LogP contribution in [0.5, 0.6) is 0 Å². The Morgan fingerprint density at radius 2 is 2.28 bits per heavy atom. The van der Waals surface area contributed by atoms with Crippen LogP contribution < -0.4 is 5.32 Å². The lowest BCUT2D eigenvalue weighted by Gasteiger charge is -1.96. The van der Waals surface area contributed by atoms with Gasteiger partial charge < -0.3 is 9.73 Å². The van der Waals surface area contributed by atoms with Gasteiger partial charge in [0.25, 0.3) is 5.89 Å². The monoisotopic (exact) mass is 279 g/mol. The van der Waals surface area contributed by atoms with Gasteiger partial charge in [0.1, 0.15) is 0 Å². The maximum absolute atomic E-state index is 5.65. The number of aromatic nitrogens is 2. The van der Waals surface area contributed by atoms with Crippen LogP contribution in [-0.2, 0) is 6.54 Å². The van der Waals surface area contributed by atoms with Crippen molar-refractivity contribution in [1.29, 1.82) is 0 Å². The lowest BCUT2D eigenvalue weighted by molar-refractivity contribution is 0.478. The van der Waals surface area contributed by atoms with Gasteiger partial charge in [0.05, 0.1) is 11.4 Å². The first-order chi connectivity index (χ1) is 8.86. The Morgan fingerprint density at radius 1 is 1.33 bits per heavy atom. The van der Waals surface area contributed by atoms with E-state index in [1.165, 1.54) is 9.40 Å². The van der Waals surface area contributed by atoms with Crippen LogP contribution >= 0.6 is 22.7 Å². The van der Waals surface area contributed by atoms with Crippen LogP contribution in [0.4, 0.5) is 0 Å². The molecule has 0 radical (unpaired) electrons. The standard InChI is InChI=1S/C12H13N3OS2/c1-2-4-13-7-11-14-15-12(16-11)10-6-9-8(18-10)3-5-17-9/h3,5-6,13H,2,4,7H2,1H3. The third-order valence-electron chi connectivity index (χ3n) is 2.52. The molecule has 6 heteroatoms. The number of rotatable bonds is 5. The molecular formula is C12H13N3OS2. The van der Waals surface area contributed by atoms with Gasteiger partial charge in [-0.25, -0.2) is 0 Å². The fourth-order valence-electron chi connectivity index (χ4n) is 1.67. The Kier molecular flexibility index (Phi) is 3.40. The predicted octanol–water partition coefficient (Wildman–Crippen LogP) is 3.51. The molecule has 0 aliphatic heterocycles. The molecule has 0 atom stereocenters. The molecule has 0 bridgehead atoms. The molecule has 3 aromatic rings. The van der Waals surface area contributed by atoms with E-state index in [0.717, 1.165) is 17.8 Å². The number of hydrogen-bond acceptors (Lipinski definition) is 6. The van der Waals surface area contributed by atoms with Crippen molar-refractivity contribution in [3.05, 3.63) is 23.4 Å². The van der Waals surface area contributed by atoms with E-state index < -0.39 is 0 Å². The van der Waals surface area contributed by atoms with Crippen molar-refractivity contribution >= 4 is 32.1 Å². The van der Waals surface area contributed by atoms with Gasteiger partial charge in [-0.05, 0) is 30.5 Å². The molecule has 3 rings (SSSR count). The third kappa shape index (κ3) is 2.31. The van der Waals surface area contributed by atoms with E-state index in [1.54, 1.807) is 22.7 Å². The molecule has 0 unspecified atom stereocenters. The van der Waals surface area contributed by atoms with E-state index in [1.807, 2.05) is 0 Å². The molecule has 0 aliphatic carbocycles. The van der Waals surface area contributed by atoms with Gasteiger partial charge in [0, 0.05) is 9.40 Å². The Morgan fingerprint density at radius 3 is 3.11 bits per heavy atom. The molecule has 0 spiro atoms. The number of nitrogens with one attached hydrogen (secondary N) is 1. The van der Waals surface area contributed by atoms with E-state index in [0.29, 0.717) is 18.3 Å². The average molecular weight is 279 g/mol. The van der Waals surface area contributed by atoms with Gasteiger partial charge in [-0.3, -0.25) is 0 Å². The summed E-state index contributed by atoms with van der Waals surface area (Å²) in [5.41, 5.74) is 0. The minimum atomic E-state index is 0.622. The summed E-state index contributed by atoms with van der Waals surface area (Å²) in [6.45, 7) is 3.73. The number of nitrogens with zero attached hydrogens (tertiary/aromatic N) is 2. The van der Waals surface area contributed by atoms with Gasteiger partial charge >= 0.3 is 0 Å². The van der Waals surface area contributed by atoms with Crippen LogP contribution in [0.15, 0.2) is 21.9 Å². The van der Waals surface area contributed by atoms with Gasteiger partial charge in [-0.1, -0.05) is 6.92 Å². The highest BCUT2D eigenvalue weighted by molar-refractivity contribution is 7.28. The maximum Gasteiger partial charge on any atom is 0.257 e. The lowest BCUT2D eigenvalue weighted by atomic mass is 10.4. The average Bonchev–Trinajstić information content (AvgIpc) is 3.02. The number of fused-ring (bicyclic) bond motifs is 1. The van der Waals surface area contributed by atoms with Gasteiger partial charge in [0.2, 0.25) is 5.89 Å². The van der Waals surface area contributed by atoms with E-state index in [9.17, 15) is 0 Å². The van der Waals surface area contributed by atoms with Crippen LogP contribution in [0.1, 0.15) is 19.2 Å². The summed E-state index contributed by atoms with van der Waals surface area (Å²) in [7, 11) is 0. The molecule has 3 aromatic heterocycles. The largest absolute Gasteiger partial charge is 0.419 e. The molecule has 0 saturated carbocycles. The first-order valence-corrected chi connectivity index (χ1v) is 7.57. The van der Waals surface area contributed by atoms with E-state index in [2.05, 4.69) is 40.0 Å². The summed E-state index contributed by atoms with van der Waals surface area (Å²) in [4.78, 5) is 1.05. The summed E-state index contributed by atoms with van der Waals surface area (Å²) in [5, 5.41) is 13.5. The van der Waals surface area contributed by atoms with Crippen LogP contribution in [0.2, 0.25) is 0 Å². The van der Waals surface area contributed by atoms with Crippen molar-refractivity contribution in [3.8, 4) is 10.8 Å². The Bertz CT molecular complexity index is 612. The molecule has 0 saturated heterocycles. The first-order valence-electron chi connectivity index (χ1n) is 5.87. The molecule has 0 fully saturated rings.